The zero-order valence-corrected chi connectivity index (χ0v) is 21.8. The molecule has 0 saturated heterocycles. The molecule has 0 saturated carbocycles. The Kier molecular flexibility index (Phi) is 9.88. The summed E-state index contributed by atoms with van der Waals surface area (Å²) in [5.41, 5.74) is 5.93. The van der Waals surface area contributed by atoms with E-state index in [0.29, 0.717) is 34.8 Å². The second kappa shape index (κ2) is 12.2. The van der Waals surface area contributed by atoms with Crippen LogP contribution in [0.3, 0.4) is 0 Å². The highest BCUT2D eigenvalue weighted by atomic mass is 16.6. The molecule has 0 spiro atoms. The van der Waals surface area contributed by atoms with Gasteiger partial charge in [0, 0.05) is 0 Å². The molecular weight excluding hydrogens is 408 g/mol. The smallest absolute Gasteiger partial charge is 0.346 e. The van der Waals surface area contributed by atoms with E-state index in [2.05, 4.69) is 55.4 Å². The van der Waals surface area contributed by atoms with Gasteiger partial charge in [-0.1, -0.05) is 73.6 Å². The molecule has 2 aromatic carbocycles. The van der Waals surface area contributed by atoms with E-state index in [0.717, 1.165) is 31.2 Å². The highest BCUT2D eigenvalue weighted by molar-refractivity contribution is 6.03. The van der Waals surface area contributed by atoms with Gasteiger partial charge in [-0.3, -0.25) is 0 Å². The van der Waals surface area contributed by atoms with Gasteiger partial charge >= 0.3 is 11.9 Å². The lowest BCUT2D eigenvalue weighted by atomic mass is 9.80. The number of hydrogen-bond donors (Lipinski definition) is 0. The molecule has 0 atom stereocenters. The molecule has 0 bridgehead atoms. The van der Waals surface area contributed by atoms with Gasteiger partial charge in [-0.15, -0.1) is 0 Å². The van der Waals surface area contributed by atoms with Crippen LogP contribution in [0.1, 0.15) is 98.4 Å². The minimum atomic E-state index is -0.599. The van der Waals surface area contributed by atoms with Gasteiger partial charge in [0.05, 0.1) is 11.1 Å². The number of benzene rings is 2. The first-order valence-electron chi connectivity index (χ1n) is 12.5. The predicted molar refractivity (Wildman–Crippen MR) is 137 cm³/mol. The van der Waals surface area contributed by atoms with Gasteiger partial charge in [0.15, 0.2) is 0 Å². The monoisotopic (exact) mass is 450 g/mol. The summed E-state index contributed by atoms with van der Waals surface area (Å²) in [6.45, 7) is 17.7. The van der Waals surface area contributed by atoms with E-state index in [1.54, 1.807) is 24.3 Å². The summed E-state index contributed by atoms with van der Waals surface area (Å²) in [4.78, 5) is 26.1. The molecular formula is C30H42O3. The molecule has 0 fully saturated rings. The minimum absolute atomic E-state index is 0.384. The van der Waals surface area contributed by atoms with Gasteiger partial charge in [0.2, 0.25) is 0 Å². The number of carbonyl (C=O) groups excluding carboxylic acids is 2. The lowest BCUT2D eigenvalue weighted by Gasteiger charge is -2.25. The average molecular weight is 451 g/mol. The van der Waals surface area contributed by atoms with Gasteiger partial charge < -0.3 is 4.74 Å². The average Bonchev–Trinajstić information content (AvgIpc) is 2.71. The van der Waals surface area contributed by atoms with Crippen LogP contribution in [0.25, 0.3) is 0 Å². The van der Waals surface area contributed by atoms with Crippen molar-refractivity contribution in [3.05, 3.63) is 69.8 Å². The lowest BCUT2D eigenvalue weighted by Crippen LogP contribution is -2.20. The van der Waals surface area contributed by atoms with Crippen LogP contribution in [0, 0.1) is 23.7 Å². The van der Waals surface area contributed by atoms with Crippen LogP contribution in [0.2, 0.25) is 0 Å². The fraction of sp³-hybridized carbons (Fsp3) is 0.533. The molecule has 0 aromatic heterocycles. The molecule has 2 aromatic rings. The van der Waals surface area contributed by atoms with Crippen LogP contribution in [0.5, 0.6) is 0 Å². The van der Waals surface area contributed by atoms with Crippen LogP contribution in [-0.4, -0.2) is 11.9 Å². The molecule has 0 radical (unpaired) electrons. The van der Waals surface area contributed by atoms with Crippen molar-refractivity contribution in [1.82, 2.24) is 0 Å². The molecule has 0 aliphatic heterocycles. The van der Waals surface area contributed by atoms with Crippen LogP contribution in [0.4, 0.5) is 0 Å². The van der Waals surface area contributed by atoms with Gasteiger partial charge in [0.1, 0.15) is 0 Å². The fourth-order valence-electron chi connectivity index (χ4n) is 4.42. The first kappa shape index (κ1) is 26.8. The maximum Gasteiger partial charge on any atom is 0.346 e. The van der Waals surface area contributed by atoms with Crippen LogP contribution >= 0.6 is 0 Å². The minimum Gasteiger partial charge on any atom is -0.386 e. The van der Waals surface area contributed by atoms with E-state index < -0.39 is 11.9 Å². The number of esters is 2. The van der Waals surface area contributed by atoms with Crippen molar-refractivity contribution >= 4 is 11.9 Å². The summed E-state index contributed by atoms with van der Waals surface area (Å²) in [6, 6.07) is 10.7. The second-order valence-corrected chi connectivity index (χ2v) is 11.0. The van der Waals surface area contributed by atoms with Crippen molar-refractivity contribution < 1.29 is 14.3 Å². The Bertz CT molecular complexity index is 937. The van der Waals surface area contributed by atoms with Crippen molar-refractivity contribution in [3.8, 4) is 0 Å². The summed E-state index contributed by atoms with van der Waals surface area (Å²) in [5, 5.41) is 0. The van der Waals surface area contributed by atoms with Crippen molar-refractivity contribution in [1.29, 1.82) is 0 Å². The zero-order chi connectivity index (χ0) is 24.7. The van der Waals surface area contributed by atoms with E-state index in [-0.39, 0.29) is 0 Å². The van der Waals surface area contributed by atoms with Gasteiger partial charge in [-0.05, 0) is 89.8 Å². The van der Waals surface area contributed by atoms with Crippen molar-refractivity contribution in [2.75, 3.05) is 0 Å². The highest BCUT2D eigenvalue weighted by Crippen LogP contribution is 2.32. The third-order valence-electron chi connectivity index (χ3n) is 5.64. The van der Waals surface area contributed by atoms with E-state index in [1.165, 1.54) is 16.7 Å². The lowest BCUT2D eigenvalue weighted by molar-refractivity contribution is 0.0396. The Hall–Kier alpha value is -2.42. The number of rotatable bonds is 10. The zero-order valence-electron chi connectivity index (χ0n) is 21.8. The predicted octanol–water partition coefficient (Wildman–Crippen LogP) is 7.48. The molecule has 0 amide bonds. The Morgan fingerprint density at radius 1 is 0.636 bits per heavy atom. The maximum absolute atomic E-state index is 13.4. The summed E-state index contributed by atoms with van der Waals surface area (Å²) in [5.74, 6) is 0.699. The summed E-state index contributed by atoms with van der Waals surface area (Å²) < 4.78 is 5.41. The second-order valence-electron chi connectivity index (χ2n) is 11.0. The molecule has 0 aliphatic carbocycles. The molecule has 0 N–H and O–H groups in total. The molecule has 0 aliphatic rings. The quantitative estimate of drug-likeness (QED) is 0.278. The third-order valence-corrected chi connectivity index (χ3v) is 5.64. The van der Waals surface area contributed by atoms with E-state index >= 15 is 0 Å². The Morgan fingerprint density at radius 3 is 1.64 bits per heavy atom. The molecule has 0 heterocycles. The van der Waals surface area contributed by atoms with Crippen LogP contribution in [0.15, 0.2) is 36.4 Å². The Morgan fingerprint density at radius 2 is 1.12 bits per heavy atom. The summed E-state index contributed by atoms with van der Waals surface area (Å²) in [7, 11) is 0. The van der Waals surface area contributed by atoms with E-state index in [1.807, 2.05) is 12.1 Å². The van der Waals surface area contributed by atoms with Gasteiger partial charge in [0.25, 0.3) is 0 Å². The van der Waals surface area contributed by atoms with Crippen LogP contribution < -0.4 is 0 Å². The van der Waals surface area contributed by atoms with Gasteiger partial charge in [-0.2, -0.15) is 0 Å². The molecule has 33 heavy (non-hydrogen) atoms. The summed E-state index contributed by atoms with van der Waals surface area (Å²) >= 11 is 0. The normalized spacial score (nSPS) is 11.6. The standard InChI is InChI=1S/C30H42O3/c1-19(2)14-24-18-28(30(32)33-29(31)23-12-10-9-11-13-23)27(17-22(7)8)26(16-21(5)6)25(24)15-20(3)4/h9-13,18-22H,14-17H2,1-8H3. The van der Waals surface area contributed by atoms with E-state index in [4.69, 9.17) is 4.74 Å². The number of ether oxygens (including phenoxy) is 1. The number of carbonyl (C=O) groups is 2. The largest absolute Gasteiger partial charge is 0.386 e. The van der Waals surface area contributed by atoms with Crippen molar-refractivity contribution in [2.24, 2.45) is 23.7 Å². The molecule has 0 unspecified atom stereocenters. The van der Waals surface area contributed by atoms with Crippen molar-refractivity contribution in [3.63, 3.8) is 0 Å². The Labute approximate surface area is 200 Å². The van der Waals surface area contributed by atoms with Crippen molar-refractivity contribution in [2.45, 2.75) is 81.1 Å². The molecule has 3 nitrogen and oxygen atoms in total. The summed E-state index contributed by atoms with van der Waals surface area (Å²) in [6.07, 6.45) is 3.61. The fourth-order valence-corrected chi connectivity index (χ4v) is 4.42. The Balaban J connectivity index is 2.67. The number of hydrogen-bond acceptors (Lipinski definition) is 3. The highest BCUT2D eigenvalue weighted by Gasteiger charge is 2.26. The third kappa shape index (κ3) is 7.84. The SMILES string of the molecule is CC(C)Cc1cc(C(=O)OC(=O)c2ccccc2)c(CC(C)C)c(CC(C)C)c1CC(C)C. The molecule has 3 heteroatoms. The van der Waals surface area contributed by atoms with Crippen LogP contribution in [-0.2, 0) is 30.4 Å². The molecule has 2 rings (SSSR count). The first-order chi connectivity index (χ1) is 15.5. The first-order valence-corrected chi connectivity index (χ1v) is 12.5. The molecule has 180 valence electrons. The topological polar surface area (TPSA) is 43.4 Å². The van der Waals surface area contributed by atoms with E-state index in [9.17, 15) is 9.59 Å². The maximum atomic E-state index is 13.4. The van der Waals surface area contributed by atoms with Gasteiger partial charge in [-0.25, -0.2) is 9.59 Å².